The van der Waals surface area contributed by atoms with Gasteiger partial charge in [0.05, 0.1) is 6.04 Å². The van der Waals surface area contributed by atoms with Crippen LogP contribution in [0.2, 0.25) is 5.02 Å². The van der Waals surface area contributed by atoms with Crippen molar-refractivity contribution in [1.29, 1.82) is 0 Å². The first kappa shape index (κ1) is 15.7. The lowest BCUT2D eigenvalue weighted by molar-refractivity contribution is 0.320. The molecule has 0 radical (unpaired) electrons. The maximum absolute atomic E-state index is 6.21. The van der Waals surface area contributed by atoms with Crippen molar-refractivity contribution in [1.82, 2.24) is 5.32 Å². The fraction of sp³-hybridized carbons (Fsp3) is 0.500. The Kier molecular flexibility index (Phi) is 5.37. The lowest BCUT2D eigenvalue weighted by atomic mass is 9.86. The lowest BCUT2D eigenvalue weighted by Gasteiger charge is -2.23. The molecule has 1 saturated carbocycles. The molecule has 1 aromatic carbocycles. The summed E-state index contributed by atoms with van der Waals surface area (Å²) in [5.41, 5.74) is 6.91. The minimum atomic E-state index is -0.00570. The zero-order valence-corrected chi connectivity index (χ0v) is 14.2. The summed E-state index contributed by atoms with van der Waals surface area (Å²) in [7, 11) is 0. The van der Waals surface area contributed by atoms with Gasteiger partial charge in [0.1, 0.15) is 12.4 Å². The molecule has 110 valence electrons. The minimum absolute atomic E-state index is 0. The van der Waals surface area contributed by atoms with E-state index in [1.54, 1.807) is 0 Å². The van der Waals surface area contributed by atoms with Gasteiger partial charge >= 0.3 is 0 Å². The second-order valence-corrected chi connectivity index (χ2v) is 5.59. The van der Waals surface area contributed by atoms with Crippen molar-refractivity contribution < 1.29 is 4.74 Å². The lowest BCUT2D eigenvalue weighted by Crippen LogP contribution is -2.36. The Morgan fingerprint density at radius 2 is 2.25 bits per heavy atom. The molecule has 1 fully saturated rings. The quantitative estimate of drug-likeness (QED) is 0.460. The molecule has 1 aliphatic carbocycles. The standard InChI is InChI=1S/C14H18ClN3O.HI/c15-10-5-2-6-12-13(10)11(8-19-12)18-14(16)17-7-9-3-1-4-9;/h2,5-6,9,11H,1,3-4,7-8H2,(H3,16,17,18);1H. The van der Waals surface area contributed by atoms with Gasteiger partial charge in [0, 0.05) is 17.1 Å². The van der Waals surface area contributed by atoms with Crippen LogP contribution >= 0.6 is 35.6 Å². The highest BCUT2D eigenvalue weighted by Crippen LogP contribution is 2.37. The number of aliphatic imine (C=N–C) groups is 1. The fourth-order valence-corrected chi connectivity index (χ4v) is 2.78. The third kappa shape index (κ3) is 3.31. The number of hydrogen-bond donors (Lipinski definition) is 2. The van der Waals surface area contributed by atoms with Crippen LogP contribution in [0, 0.1) is 5.92 Å². The zero-order valence-electron chi connectivity index (χ0n) is 11.1. The van der Waals surface area contributed by atoms with Crippen molar-refractivity contribution in [2.45, 2.75) is 25.3 Å². The molecule has 1 heterocycles. The summed E-state index contributed by atoms with van der Waals surface area (Å²) < 4.78 is 5.59. The Morgan fingerprint density at radius 3 is 2.95 bits per heavy atom. The van der Waals surface area contributed by atoms with E-state index in [4.69, 9.17) is 22.1 Å². The van der Waals surface area contributed by atoms with E-state index >= 15 is 0 Å². The molecule has 2 aliphatic rings. The molecule has 0 saturated heterocycles. The molecule has 3 rings (SSSR count). The Labute approximate surface area is 141 Å². The van der Waals surface area contributed by atoms with Crippen molar-refractivity contribution in [3.8, 4) is 5.75 Å². The number of rotatable bonds is 3. The average Bonchev–Trinajstić information content (AvgIpc) is 2.72. The first-order chi connectivity index (χ1) is 9.24. The van der Waals surface area contributed by atoms with Gasteiger partial charge in [-0.05, 0) is 30.9 Å². The number of nitrogens with one attached hydrogen (secondary N) is 1. The number of hydrogen-bond acceptors (Lipinski definition) is 2. The highest BCUT2D eigenvalue weighted by Gasteiger charge is 2.27. The summed E-state index contributed by atoms with van der Waals surface area (Å²) in [5.74, 6) is 2.03. The van der Waals surface area contributed by atoms with Crippen molar-refractivity contribution in [3.05, 3.63) is 28.8 Å². The van der Waals surface area contributed by atoms with E-state index in [9.17, 15) is 0 Å². The molecule has 3 N–H and O–H groups in total. The van der Waals surface area contributed by atoms with E-state index in [1.165, 1.54) is 19.3 Å². The second kappa shape index (κ2) is 6.85. The predicted octanol–water partition coefficient (Wildman–Crippen LogP) is 3.10. The van der Waals surface area contributed by atoms with Crippen LogP contribution in [-0.4, -0.2) is 19.1 Å². The van der Waals surface area contributed by atoms with Gasteiger partial charge in [0.25, 0.3) is 0 Å². The molecular formula is C14H19ClIN3O. The number of nitrogens with zero attached hydrogens (tertiary/aromatic N) is 1. The van der Waals surface area contributed by atoms with Gasteiger partial charge in [0.2, 0.25) is 0 Å². The first-order valence-electron chi connectivity index (χ1n) is 6.71. The third-order valence-corrected chi connectivity index (χ3v) is 4.16. The van der Waals surface area contributed by atoms with Crippen molar-refractivity contribution in [3.63, 3.8) is 0 Å². The van der Waals surface area contributed by atoms with Gasteiger partial charge in [0.15, 0.2) is 5.96 Å². The normalized spacial score (nSPS) is 21.4. The largest absolute Gasteiger partial charge is 0.491 e. The summed E-state index contributed by atoms with van der Waals surface area (Å²) in [4.78, 5) is 4.40. The summed E-state index contributed by atoms with van der Waals surface area (Å²) >= 11 is 6.21. The summed E-state index contributed by atoms with van der Waals surface area (Å²) in [6, 6.07) is 5.67. The van der Waals surface area contributed by atoms with E-state index in [2.05, 4.69) is 10.3 Å². The van der Waals surface area contributed by atoms with Crippen LogP contribution in [-0.2, 0) is 0 Å². The number of guanidine groups is 1. The number of halogens is 2. The first-order valence-corrected chi connectivity index (χ1v) is 7.09. The van der Waals surface area contributed by atoms with Gasteiger partial charge in [-0.15, -0.1) is 24.0 Å². The van der Waals surface area contributed by atoms with Gasteiger partial charge in [-0.1, -0.05) is 24.1 Å². The van der Waals surface area contributed by atoms with Crippen LogP contribution < -0.4 is 15.8 Å². The number of benzene rings is 1. The smallest absolute Gasteiger partial charge is 0.189 e. The molecule has 6 heteroatoms. The molecular weight excluding hydrogens is 389 g/mol. The van der Waals surface area contributed by atoms with E-state index in [0.717, 1.165) is 23.8 Å². The third-order valence-electron chi connectivity index (χ3n) is 3.83. The topological polar surface area (TPSA) is 59.6 Å². The maximum Gasteiger partial charge on any atom is 0.189 e. The minimum Gasteiger partial charge on any atom is -0.491 e. The van der Waals surface area contributed by atoms with E-state index in [0.29, 0.717) is 17.6 Å². The number of ether oxygens (including phenoxy) is 1. The van der Waals surface area contributed by atoms with Crippen LogP contribution in [0.1, 0.15) is 30.9 Å². The van der Waals surface area contributed by atoms with Crippen LogP contribution in [0.5, 0.6) is 5.75 Å². The Morgan fingerprint density at radius 1 is 1.45 bits per heavy atom. The van der Waals surface area contributed by atoms with E-state index < -0.39 is 0 Å². The highest BCUT2D eigenvalue weighted by atomic mass is 127. The Bertz CT molecular complexity index is 505. The molecule has 0 spiro atoms. The van der Waals surface area contributed by atoms with Crippen LogP contribution in [0.25, 0.3) is 0 Å². The predicted molar refractivity (Wildman–Crippen MR) is 92.1 cm³/mol. The van der Waals surface area contributed by atoms with Crippen molar-refractivity contribution >= 4 is 41.5 Å². The molecule has 0 bridgehead atoms. The average molecular weight is 408 g/mol. The fourth-order valence-electron chi connectivity index (χ4n) is 2.48. The SMILES string of the molecule is I.NC(=NCC1CCC1)NC1COc2cccc(Cl)c21. The molecule has 4 nitrogen and oxygen atoms in total. The molecule has 1 aliphatic heterocycles. The van der Waals surface area contributed by atoms with Crippen molar-refractivity contribution in [2.24, 2.45) is 16.6 Å². The van der Waals surface area contributed by atoms with Gasteiger partial charge in [-0.3, -0.25) is 4.99 Å². The molecule has 0 amide bonds. The van der Waals surface area contributed by atoms with Gasteiger partial charge < -0.3 is 15.8 Å². The van der Waals surface area contributed by atoms with Gasteiger partial charge in [-0.2, -0.15) is 0 Å². The Balaban J connectivity index is 0.00000147. The molecule has 1 unspecified atom stereocenters. The second-order valence-electron chi connectivity index (χ2n) is 5.18. The Hall–Kier alpha value is -0.690. The highest BCUT2D eigenvalue weighted by molar-refractivity contribution is 14.0. The van der Waals surface area contributed by atoms with E-state index in [1.807, 2.05) is 18.2 Å². The van der Waals surface area contributed by atoms with Crippen LogP contribution in [0.4, 0.5) is 0 Å². The molecule has 1 aromatic rings. The van der Waals surface area contributed by atoms with Crippen LogP contribution in [0.3, 0.4) is 0 Å². The zero-order chi connectivity index (χ0) is 13.2. The summed E-state index contributed by atoms with van der Waals surface area (Å²) in [5, 5.41) is 3.91. The van der Waals surface area contributed by atoms with Crippen molar-refractivity contribution in [2.75, 3.05) is 13.2 Å². The monoisotopic (exact) mass is 407 g/mol. The summed E-state index contributed by atoms with van der Waals surface area (Å²) in [6.45, 7) is 1.36. The van der Waals surface area contributed by atoms with Crippen LogP contribution in [0.15, 0.2) is 23.2 Å². The molecule has 0 aromatic heterocycles. The van der Waals surface area contributed by atoms with E-state index in [-0.39, 0.29) is 30.0 Å². The maximum atomic E-state index is 6.21. The number of nitrogens with two attached hydrogens (primary N) is 1. The molecule has 1 atom stereocenters. The molecule has 20 heavy (non-hydrogen) atoms. The number of fused-ring (bicyclic) bond motifs is 1. The summed E-state index contributed by atoms with van der Waals surface area (Å²) in [6.07, 6.45) is 3.88. The van der Waals surface area contributed by atoms with Gasteiger partial charge in [-0.25, -0.2) is 0 Å².